The van der Waals surface area contributed by atoms with E-state index in [1.54, 1.807) is 11.9 Å². The average Bonchev–Trinajstić information content (AvgIpc) is 2.90. The summed E-state index contributed by atoms with van der Waals surface area (Å²) in [5, 5.41) is 4.00. The van der Waals surface area contributed by atoms with Crippen LogP contribution in [-0.4, -0.2) is 39.8 Å². The number of hydrogen-bond acceptors (Lipinski definition) is 5. The Morgan fingerprint density at radius 3 is 2.67 bits per heavy atom. The van der Waals surface area contributed by atoms with Gasteiger partial charge in [0.15, 0.2) is 5.82 Å². The SMILES string of the molecule is C[C@@H]1C[C@@H]1c1nc(C[C@@H](C)N(C)C(=O)OC(C)(C)C)no1. The van der Waals surface area contributed by atoms with E-state index in [-0.39, 0.29) is 12.1 Å². The molecule has 118 valence electrons. The summed E-state index contributed by atoms with van der Waals surface area (Å²) in [7, 11) is 1.72. The van der Waals surface area contributed by atoms with Gasteiger partial charge in [0.25, 0.3) is 0 Å². The number of ether oxygens (including phenoxy) is 1. The van der Waals surface area contributed by atoms with Gasteiger partial charge in [-0.2, -0.15) is 4.98 Å². The molecule has 3 atom stereocenters. The molecule has 1 amide bonds. The lowest BCUT2D eigenvalue weighted by Gasteiger charge is -2.28. The van der Waals surface area contributed by atoms with E-state index in [1.165, 1.54) is 0 Å². The molecule has 1 aromatic rings. The van der Waals surface area contributed by atoms with Gasteiger partial charge >= 0.3 is 6.09 Å². The molecule has 1 aromatic heterocycles. The van der Waals surface area contributed by atoms with Gasteiger partial charge in [0, 0.05) is 25.4 Å². The molecule has 1 aliphatic carbocycles. The zero-order chi connectivity index (χ0) is 15.8. The first kappa shape index (κ1) is 15.8. The van der Waals surface area contributed by atoms with E-state index in [9.17, 15) is 4.79 Å². The molecule has 0 radical (unpaired) electrons. The van der Waals surface area contributed by atoms with Crippen LogP contribution in [0.1, 0.15) is 58.7 Å². The topological polar surface area (TPSA) is 68.5 Å². The number of carbonyl (C=O) groups is 1. The van der Waals surface area contributed by atoms with Crippen molar-refractivity contribution in [1.82, 2.24) is 15.0 Å². The minimum absolute atomic E-state index is 0.0538. The zero-order valence-corrected chi connectivity index (χ0v) is 13.7. The molecule has 1 heterocycles. The molecule has 0 N–H and O–H groups in total. The van der Waals surface area contributed by atoms with Crippen molar-refractivity contribution in [1.29, 1.82) is 0 Å². The van der Waals surface area contributed by atoms with Crippen molar-refractivity contribution in [3.8, 4) is 0 Å². The highest BCUT2D eigenvalue weighted by Gasteiger charge is 2.39. The van der Waals surface area contributed by atoms with Crippen molar-refractivity contribution in [3.05, 3.63) is 11.7 Å². The number of amides is 1. The Balaban J connectivity index is 1.89. The molecule has 0 spiro atoms. The highest BCUT2D eigenvalue weighted by Crippen LogP contribution is 2.45. The summed E-state index contributed by atoms with van der Waals surface area (Å²) in [5.41, 5.74) is -0.494. The van der Waals surface area contributed by atoms with Crippen LogP contribution in [0.5, 0.6) is 0 Å². The van der Waals surface area contributed by atoms with E-state index in [0.29, 0.717) is 24.1 Å². The molecular weight excluding hydrogens is 270 g/mol. The molecule has 0 bridgehead atoms. The molecule has 0 saturated heterocycles. The second kappa shape index (κ2) is 5.66. The van der Waals surface area contributed by atoms with Crippen LogP contribution in [-0.2, 0) is 11.2 Å². The standard InChI is InChI=1S/C15H25N3O3/c1-9-7-11(9)13-16-12(17-21-13)8-10(2)18(6)14(19)20-15(3,4)5/h9-11H,7-8H2,1-6H3/t9-,10-,11+/m1/s1. The van der Waals surface area contributed by atoms with Crippen LogP contribution in [0.2, 0.25) is 0 Å². The lowest BCUT2D eigenvalue weighted by molar-refractivity contribution is 0.0234. The van der Waals surface area contributed by atoms with Gasteiger partial charge in [-0.25, -0.2) is 4.79 Å². The van der Waals surface area contributed by atoms with Crippen molar-refractivity contribution >= 4 is 6.09 Å². The van der Waals surface area contributed by atoms with Crippen LogP contribution < -0.4 is 0 Å². The minimum atomic E-state index is -0.494. The third-order valence-electron chi connectivity index (χ3n) is 3.73. The third-order valence-corrected chi connectivity index (χ3v) is 3.73. The predicted molar refractivity (Wildman–Crippen MR) is 78.0 cm³/mol. The number of rotatable bonds is 4. The van der Waals surface area contributed by atoms with Gasteiger partial charge in [-0.3, -0.25) is 0 Å². The zero-order valence-electron chi connectivity index (χ0n) is 13.7. The molecule has 0 aromatic carbocycles. The molecule has 0 aliphatic heterocycles. The van der Waals surface area contributed by atoms with E-state index >= 15 is 0 Å². The van der Waals surface area contributed by atoms with Gasteiger partial charge in [-0.1, -0.05) is 12.1 Å². The van der Waals surface area contributed by atoms with Gasteiger partial charge in [-0.05, 0) is 40.0 Å². The highest BCUT2D eigenvalue weighted by molar-refractivity contribution is 5.68. The highest BCUT2D eigenvalue weighted by atomic mass is 16.6. The summed E-state index contributed by atoms with van der Waals surface area (Å²) in [6.45, 7) is 9.68. The molecule has 1 saturated carbocycles. The number of aromatic nitrogens is 2. The molecule has 21 heavy (non-hydrogen) atoms. The first-order chi connectivity index (χ1) is 9.67. The van der Waals surface area contributed by atoms with E-state index < -0.39 is 5.60 Å². The van der Waals surface area contributed by atoms with E-state index in [2.05, 4.69) is 17.1 Å². The monoisotopic (exact) mass is 295 g/mol. The Kier molecular flexibility index (Phi) is 4.25. The van der Waals surface area contributed by atoms with Crippen molar-refractivity contribution in [2.75, 3.05) is 7.05 Å². The van der Waals surface area contributed by atoms with Gasteiger partial charge in [0.1, 0.15) is 5.60 Å². The van der Waals surface area contributed by atoms with Crippen LogP contribution in [0, 0.1) is 5.92 Å². The summed E-state index contributed by atoms with van der Waals surface area (Å²) in [4.78, 5) is 18.0. The number of carbonyl (C=O) groups excluding carboxylic acids is 1. The van der Waals surface area contributed by atoms with Crippen LogP contribution in [0.4, 0.5) is 4.79 Å². The first-order valence-electron chi connectivity index (χ1n) is 7.45. The van der Waals surface area contributed by atoms with Crippen LogP contribution in [0.25, 0.3) is 0 Å². The molecule has 2 rings (SSSR count). The summed E-state index contributed by atoms with van der Waals surface area (Å²) in [6.07, 6.45) is 1.34. The Morgan fingerprint density at radius 2 is 2.14 bits per heavy atom. The van der Waals surface area contributed by atoms with E-state index in [1.807, 2.05) is 27.7 Å². The maximum Gasteiger partial charge on any atom is 0.410 e. The van der Waals surface area contributed by atoms with Crippen molar-refractivity contribution in [2.45, 2.75) is 65.0 Å². The maximum atomic E-state index is 12.0. The Bertz CT molecular complexity index is 507. The van der Waals surface area contributed by atoms with Crippen LogP contribution in [0.15, 0.2) is 4.52 Å². The van der Waals surface area contributed by atoms with Crippen LogP contribution in [0.3, 0.4) is 0 Å². The predicted octanol–water partition coefficient (Wildman–Crippen LogP) is 2.99. The van der Waals surface area contributed by atoms with Gasteiger partial charge < -0.3 is 14.2 Å². The summed E-state index contributed by atoms with van der Waals surface area (Å²) in [5.74, 6) is 2.43. The second-order valence-corrected chi connectivity index (χ2v) is 7.01. The average molecular weight is 295 g/mol. The fourth-order valence-electron chi connectivity index (χ4n) is 2.08. The molecule has 1 aliphatic rings. The van der Waals surface area contributed by atoms with Gasteiger partial charge in [-0.15, -0.1) is 0 Å². The summed E-state index contributed by atoms with van der Waals surface area (Å²) < 4.78 is 10.6. The minimum Gasteiger partial charge on any atom is -0.444 e. The fraction of sp³-hybridized carbons (Fsp3) is 0.800. The largest absolute Gasteiger partial charge is 0.444 e. The Hall–Kier alpha value is -1.59. The second-order valence-electron chi connectivity index (χ2n) is 7.01. The van der Waals surface area contributed by atoms with Crippen molar-refractivity contribution in [3.63, 3.8) is 0 Å². The van der Waals surface area contributed by atoms with E-state index in [4.69, 9.17) is 9.26 Å². The Labute approximate surface area is 125 Å². The fourth-order valence-corrected chi connectivity index (χ4v) is 2.08. The molecule has 0 unspecified atom stereocenters. The Morgan fingerprint density at radius 1 is 1.52 bits per heavy atom. The van der Waals surface area contributed by atoms with Crippen molar-refractivity contribution < 1.29 is 14.1 Å². The summed E-state index contributed by atoms with van der Waals surface area (Å²) in [6, 6.07) is -0.0538. The van der Waals surface area contributed by atoms with Crippen LogP contribution >= 0.6 is 0 Å². The van der Waals surface area contributed by atoms with Crippen molar-refractivity contribution in [2.24, 2.45) is 5.92 Å². The molecule has 1 fully saturated rings. The smallest absolute Gasteiger partial charge is 0.410 e. The summed E-state index contributed by atoms with van der Waals surface area (Å²) >= 11 is 0. The molecule has 6 nitrogen and oxygen atoms in total. The molecule has 6 heteroatoms. The third kappa shape index (κ3) is 4.19. The number of hydrogen-bond donors (Lipinski definition) is 0. The lowest BCUT2D eigenvalue weighted by atomic mass is 10.2. The lowest BCUT2D eigenvalue weighted by Crippen LogP contribution is -2.40. The number of likely N-dealkylation sites (N-methyl/N-ethyl adjacent to an activating group) is 1. The van der Waals surface area contributed by atoms with Gasteiger partial charge in [0.2, 0.25) is 5.89 Å². The maximum absolute atomic E-state index is 12.0. The molecular formula is C15H25N3O3. The van der Waals surface area contributed by atoms with E-state index in [0.717, 1.165) is 12.3 Å². The normalized spacial score (nSPS) is 22.8. The first-order valence-corrected chi connectivity index (χ1v) is 7.45. The number of nitrogens with zero attached hydrogens (tertiary/aromatic N) is 3. The quantitative estimate of drug-likeness (QED) is 0.854. The van der Waals surface area contributed by atoms with Gasteiger partial charge in [0.05, 0.1) is 0 Å².